The van der Waals surface area contributed by atoms with E-state index in [0.29, 0.717) is 0 Å². The van der Waals surface area contributed by atoms with Crippen LogP contribution in [0, 0.1) is 0 Å². The summed E-state index contributed by atoms with van der Waals surface area (Å²) < 4.78 is 5.41. The largest absolute Gasteiger partial charge is 0.464 e. The summed E-state index contributed by atoms with van der Waals surface area (Å²) in [6.07, 6.45) is 3.81. The van der Waals surface area contributed by atoms with Crippen molar-refractivity contribution in [2.24, 2.45) is 0 Å². The van der Waals surface area contributed by atoms with Crippen molar-refractivity contribution in [3.8, 4) is 22.5 Å². The van der Waals surface area contributed by atoms with E-state index in [4.69, 9.17) is 4.42 Å². The first kappa shape index (κ1) is 12.1. The molecule has 1 heterocycles. The molecule has 1 aromatic heterocycles. The van der Waals surface area contributed by atoms with E-state index >= 15 is 0 Å². The van der Waals surface area contributed by atoms with Crippen LogP contribution in [-0.2, 0) is 0 Å². The molecule has 0 spiro atoms. The van der Waals surface area contributed by atoms with Crippen molar-refractivity contribution in [2.75, 3.05) is 6.26 Å². The van der Waals surface area contributed by atoms with E-state index in [1.54, 1.807) is 18.0 Å². The second-order valence-corrected chi connectivity index (χ2v) is 5.10. The van der Waals surface area contributed by atoms with Crippen LogP contribution in [-0.4, -0.2) is 6.26 Å². The first-order valence-electron chi connectivity index (χ1n) is 6.16. The molecule has 0 unspecified atom stereocenters. The first-order chi connectivity index (χ1) is 9.38. The normalized spacial score (nSPS) is 10.6. The Kier molecular flexibility index (Phi) is 3.43. The summed E-state index contributed by atoms with van der Waals surface area (Å²) in [5.41, 5.74) is 3.62. The highest BCUT2D eigenvalue weighted by molar-refractivity contribution is 7.98. The van der Waals surface area contributed by atoms with Gasteiger partial charge in [0.1, 0.15) is 5.76 Å². The Morgan fingerprint density at radius 1 is 0.789 bits per heavy atom. The quantitative estimate of drug-likeness (QED) is 0.594. The number of hydrogen-bond donors (Lipinski definition) is 0. The third kappa shape index (κ3) is 2.45. The molecule has 0 bridgehead atoms. The van der Waals surface area contributed by atoms with Crippen LogP contribution < -0.4 is 0 Å². The van der Waals surface area contributed by atoms with Gasteiger partial charge in [0.15, 0.2) is 0 Å². The lowest BCUT2D eigenvalue weighted by Crippen LogP contribution is -1.82. The Morgan fingerprint density at radius 3 is 2.21 bits per heavy atom. The fourth-order valence-electron chi connectivity index (χ4n) is 2.14. The number of hydrogen-bond acceptors (Lipinski definition) is 2. The molecular formula is C17H14OS. The molecule has 0 amide bonds. The molecule has 0 N–H and O–H groups in total. The van der Waals surface area contributed by atoms with Gasteiger partial charge in [0, 0.05) is 10.5 Å². The van der Waals surface area contributed by atoms with Crippen molar-refractivity contribution in [3.05, 3.63) is 66.9 Å². The van der Waals surface area contributed by atoms with Gasteiger partial charge in [-0.2, -0.15) is 0 Å². The molecule has 2 heteroatoms. The molecule has 94 valence electrons. The van der Waals surface area contributed by atoms with E-state index < -0.39 is 0 Å². The zero-order chi connectivity index (χ0) is 13.1. The van der Waals surface area contributed by atoms with E-state index in [1.165, 1.54) is 16.0 Å². The fourth-order valence-corrected chi connectivity index (χ4v) is 2.76. The molecule has 3 rings (SSSR count). The molecule has 1 nitrogen and oxygen atoms in total. The van der Waals surface area contributed by atoms with Gasteiger partial charge in [-0.1, -0.05) is 42.5 Å². The molecule has 0 saturated heterocycles. The Bertz CT molecular complexity index is 654. The molecule has 0 saturated carbocycles. The Morgan fingerprint density at radius 2 is 1.53 bits per heavy atom. The van der Waals surface area contributed by atoms with Crippen LogP contribution in [0.15, 0.2) is 76.2 Å². The maximum Gasteiger partial charge on any atom is 0.133 e. The van der Waals surface area contributed by atoms with Crippen LogP contribution in [0.25, 0.3) is 22.5 Å². The minimum Gasteiger partial charge on any atom is -0.464 e. The van der Waals surface area contributed by atoms with E-state index in [-0.39, 0.29) is 0 Å². The number of rotatable bonds is 3. The van der Waals surface area contributed by atoms with Crippen LogP contribution in [0.3, 0.4) is 0 Å². The predicted octanol–water partition coefficient (Wildman–Crippen LogP) is 5.34. The van der Waals surface area contributed by atoms with Crippen molar-refractivity contribution in [1.82, 2.24) is 0 Å². The predicted molar refractivity (Wildman–Crippen MR) is 81.4 cm³/mol. The Hall–Kier alpha value is -1.93. The number of benzene rings is 2. The summed E-state index contributed by atoms with van der Waals surface area (Å²) in [5.74, 6) is 0.907. The maximum absolute atomic E-state index is 5.41. The fraction of sp³-hybridized carbons (Fsp3) is 0.0588. The SMILES string of the molecule is CSc1ccccc1-c1ccc(-c2ccco2)cc1. The molecule has 0 aliphatic heterocycles. The smallest absolute Gasteiger partial charge is 0.133 e. The Labute approximate surface area is 117 Å². The molecular weight excluding hydrogens is 252 g/mol. The lowest BCUT2D eigenvalue weighted by molar-refractivity contribution is 0.582. The topological polar surface area (TPSA) is 13.1 Å². The summed E-state index contributed by atoms with van der Waals surface area (Å²) in [4.78, 5) is 1.30. The van der Waals surface area contributed by atoms with Crippen molar-refractivity contribution >= 4 is 11.8 Å². The third-order valence-electron chi connectivity index (χ3n) is 3.11. The van der Waals surface area contributed by atoms with E-state index in [2.05, 4.69) is 54.8 Å². The lowest BCUT2D eigenvalue weighted by atomic mass is 10.0. The van der Waals surface area contributed by atoms with Gasteiger partial charge in [-0.05, 0) is 35.6 Å². The zero-order valence-corrected chi connectivity index (χ0v) is 11.5. The minimum atomic E-state index is 0.907. The molecule has 0 aliphatic carbocycles. The lowest BCUT2D eigenvalue weighted by Gasteiger charge is -2.07. The molecule has 0 radical (unpaired) electrons. The summed E-state index contributed by atoms with van der Waals surface area (Å²) in [5, 5.41) is 0. The minimum absolute atomic E-state index is 0.907. The highest BCUT2D eigenvalue weighted by Crippen LogP contribution is 2.31. The van der Waals surface area contributed by atoms with E-state index in [1.807, 2.05) is 12.1 Å². The van der Waals surface area contributed by atoms with Crippen molar-refractivity contribution in [2.45, 2.75) is 4.90 Å². The summed E-state index contributed by atoms with van der Waals surface area (Å²) in [6, 6.07) is 20.9. The van der Waals surface area contributed by atoms with Gasteiger partial charge in [-0.25, -0.2) is 0 Å². The molecule has 19 heavy (non-hydrogen) atoms. The van der Waals surface area contributed by atoms with Crippen molar-refractivity contribution < 1.29 is 4.42 Å². The second kappa shape index (κ2) is 5.37. The summed E-state index contributed by atoms with van der Waals surface area (Å²) >= 11 is 1.77. The average Bonchev–Trinajstić information content (AvgIpc) is 3.02. The molecule has 3 aromatic rings. The standard InChI is InChI=1S/C17H14OS/c1-19-17-7-3-2-5-15(17)13-8-10-14(11-9-13)16-6-4-12-18-16/h2-12H,1H3. The van der Waals surface area contributed by atoms with Gasteiger partial charge in [-0.15, -0.1) is 11.8 Å². The second-order valence-electron chi connectivity index (χ2n) is 4.25. The average molecular weight is 266 g/mol. The molecule has 2 aromatic carbocycles. The van der Waals surface area contributed by atoms with Crippen LogP contribution in [0.2, 0.25) is 0 Å². The molecule has 0 fully saturated rings. The van der Waals surface area contributed by atoms with Crippen LogP contribution in [0.5, 0.6) is 0 Å². The van der Waals surface area contributed by atoms with Gasteiger partial charge in [0.2, 0.25) is 0 Å². The van der Waals surface area contributed by atoms with Crippen LogP contribution in [0.4, 0.5) is 0 Å². The number of furan rings is 1. The Balaban J connectivity index is 1.99. The van der Waals surface area contributed by atoms with Gasteiger partial charge in [-0.3, -0.25) is 0 Å². The maximum atomic E-state index is 5.41. The highest BCUT2D eigenvalue weighted by atomic mass is 32.2. The van der Waals surface area contributed by atoms with E-state index in [9.17, 15) is 0 Å². The third-order valence-corrected chi connectivity index (χ3v) is 3.90. The van der Waals surface area contributed by atoms with Gasteiger partial charge in [0.05, 0.1) is 6.26 Å². The number of thioether (sulfide) groups is 1. The first-order valence-corrected chi connectivity index (χ1v) is 7.38. The summed E-state index contributed by atoms with van der Waals surface area (Å²) in [7, 11) is 0. The molecule has 0 aliphatic rings. The molecule has 0 atom stereocenters. The van der Waals surface area contributed by atoms with Gasteiger partial charge < -0.3 is 4.42 Å². The van der Waals surface area contributed by atoms with Crippen LogP contribution in [0.1, 0.15) is 0 Å². The highest BCUT2D eigenvalue weighted by Gasteiger charge is 2.05. The van der Waals surface area contributed by atoms with Crippen molar-refractivity contribution in [3.63, 3.8) is 0 Å². The monoisotopic (exact) mass is 266 g/mol. The van der Waals surface area contributed by atoms with E-state index in [0.717, 1.165) is 11.3 Å². The van der Waals surface area contributed by atoms with Crippen LogP contribution >= 0.6 is 11.8 Å². The van der Waals surface area contributed by atoms with Gasteiger partial charge >= 0.3 is 0 Å². The zero-order valence-electron chi connectivity index (χ0n) is 10.7. The van der Waals surface area contributed by atoms with Gasteiger partial charge in [0.25, 0.3) is 0 Å². The summed E-state index contributed by atoms with van der Waals surface area (Å²) in [6.45, 7) is 0. The van der Waals surface area contributed by atoms with Crippen molar-refractivity contribution in [1.29, 1.82) is 0 Å².